The number of nitrogens with zero attached hydrogens (tertiary/aromatic N) is 1. The van der Waals surface area contributed by atoms with Gasteiger partial charge >= 0.3 is 0 Å². The molecular formula is C20H35N3O4. The van der Waals surface area contributed by atoms with Gasteiger partial charge in [0.1, 0.15) is 6.10 Å². The Bertz CT molecular complexity index is 492. The van der Waals surface area contributed by atoms with Crippen LogP contribution >= 0.6 is 0 Å². The SMILES string of the molecule is O=C(CCN1CCCCC1)NCC[C@H]1CC[C@H](NC(=O)C2CC2)[C@H](CO)O1. The predicted molar refractivity (Wildman–Crippen MR) is 102 cm³/mol. The maximum atomic E-state index is 12.0. The number of hydrogen-bond acceptors (Lipinski definition) is 5. The Kier molecular flexibility index (Phi) is 7.91. The van der Waals surface area contributed by atoms with E-state index in [1.54, 1.807) is 0 Å². The lowest BCUT2D eigenvalue weighted by atomic mass is 9.97. The lowest BCUT2D eigenvalue weighted by Gasteiger charge is -2.36. The summed E-state index contributed by atoms with van der Waals surface area (Å²) in [6.07, 6.45) is 8.39. The number of aliphatic hydroxyl groups excluding tert-OH is 1. The third kappa shape index (κ3) is 6.73. The molecule has 0 unspecified atom stereocenters. The Morgan fingerprint density at radius 2 is 1.85 bits per heavy atom. The number of amides is 2. The molecule has 7 nitrogen and oxygen atoms in total. The lowest BCUT2D eigenvalue weighted by Crippen LogP contribution is -2.51. The predicted octanol–water partition coefficient (Wildman–Crippen LogP) is 0.803. The molecule has 7 heteroatoms. The highest BCUT2D eigenvalue weighted by molar-refractivity contribution is 5.81. The molecule has 27 heavy (non-hydrogen) atoms. The minimum Gasteiger partial charge on any atom is -0.394 e. The number of piperidine rings is 1. The van der Waals surface area contributed by atoms with E-state index in [1.165, 1.54) is 19.3 Å². The van der Waals surface area contributed by atoms with Gasteiger partial charge in [-0.1, -0.05) is 6.42 Å². The fourth-order valence-electron chi connectivity index (χ4n) is 4.06. The van der Waals surface area contributed by atoms with Crippen LogP contribution in [0.25, 0.3) is 0 Å². The number of ether oxygens (including phenoxy) is 1. The largest absolute Gasteiger partial charge is 0.394 e. The van der Waals surface area contributed by atoms with Crippen LogP contribution in [0.3, 0.4) is 0 Å². The maximum absolute atomic E-state index is 12.0. The third-order valence-electron chi connectivity index (χ3n) is 5.96. The van der Waals surface area contributed by atoms with Gasteiger partial charge in [-0.05, 0) is 58.0 Å². The lowest BCUT2D eigenvalue weighted by molar-refractivity contribution is -0.130. The minimum absolute atomic E-state index is 0.0265. The first-order valence-electron chi connectivity index (χ1n) is 10.7. The van der Waals surface area contributed by atoms with Crippen molar-refractivity contribution in [2.45, 2.75) is 76.0 Å². The Labute approximate surface area is 162 Å². The van der Waals surface area contributed by atoms with Crippen LogP contribution in [-0.4, -0.2) is 72.9 Å². The fraction of sp³-hybridized carbons (Fsp3) is 0.900. The van der Waals surface area contributed by atoms with Gasteiger partial charge in [0.05, 0.1) is 18.8 Å². The van der Waals surface area contributed by atoms with Crippen molar-refractivity contribution in [3.05, 3.63) is 0 Å². The Morgan fingerprint density at radius 3 is 2.56 bits per heavy atom. The van der Waals surface area contributed by atoms with Crippen molar-refractivity contribution in [2.75, 3.05) is 32.8 Å². The van der Waals surface area contributed by atoms with E-state index < -0.39 is 0 Å². The number of rotatable bonds is 9. The van der Waals surface area contributed by atoms with Gasteiger partial charge in [-0.2, -0.15) is 0 Å². The summed E-state index contributed by atoms with van der Waals surface area (Å²) in [6, 6.07) is -0.0986. The third-order valence-corrected chi connectivity index (χ3v) is 5.96. The van der Waals surface area contributed by atoms with E-state index >= 15 is 0 Å². The molecule has 3 aliphatic rings. The van der Waals surface area contributed by atoms with Crippen molar-refractivity contribution in [1.29, 1.82) is 0 Å². The molecule has 2 heterocycles. The highest BCUT2D eigenvalue weighted by Gasteiger charge is 2.36. The number of likely N-dealkylation sites (tertiary alicyclic amines) is 1. The van der Waals surface area contributed by atoms with E-state index in [-0.39, 0.29) is 42.6 Å². The molecule has 2 aliphatic heterocycles. The summed E-state index contributed by atoms with van der Waals surface area (Å²) in [5, 5.41) is 15.6. The van der Waals surface area contributed by atoms with Crippen molar-refractivity contribution >= 4 is 11.8 Å². The van der Waals surface area contributed by atoms with Gasteiger partial charge in [-0.25, -0.2) is 0 Å². The molecule has 0 radical (unpaired) electrons. The Morgan fingerprint density at radius 1 is 1.07 bits per heavy atom. The summed E-state index contributed by atoms with van der Waals surface area (Å²) >= 11 is 0. The highest BCUT2D eigenvalue weighted by atomic mass is 16.5. The Balaban J connectivity index is 1.29. The molecule has 154 valence electrons. The number of aliphatic hydroxyl groups is 1. The monoisotopic (exact) mass is 381 g/mol. The first-order valence-corrected chi connectivity index (χ1v) is 10.7. The van der Waals surface area contributed by atoms with E-state index in [9.17, 15) is 14.7 Å². The molecule has 3 atom stereocenters. The fourth-order valence-corrected chi connectivity index (χ4v) is 4.06. The summed E-state index contributed by atoms with van der Waals surface area (Å²) in [4.78, 5) is 26.3. The molecule has 0 aromatic rings. The topological polar surface area (TPSA) is 90.9 Å². The molecule has 1 saturated carbocycles. The van der Waals surface area contributed by atoms with E-state index in [2.05, 4.69) is 15.5 Å². The summed E-state index contributed by atoms with van der Waals surface area (Å²) in [5.74, 6) is 0.369. The van der Waals surface area contributed by atoms with E-state index in [0.29, 0.717) is 13.0 Å². The number of carbonyl (C=O) groups excluding carboxylic acids is 2. The van der Waals surface area contributed by atoms with E-state index in [1.807, 2.05) is 0 Å². The molecule has 0 aromatic heterocycles. The van der Waals surface area contributed by atoms with Crippen LogP contribution in [0.1, 0.15) is 57.8 Å². The van der Waals surface area contributed by atoms with Crippen molar-refractivity contribution in [2.24, 2.45) is 5.92 Å². The van der Waals surface area contributed by atoms with Gasteiger partial charge in [0.2, 0.25) is 11.8 Å². The van der Waals surface area contributed by atoms with Gasteiger partial charge in [0.15, 0.2) is 0 Å². The summed E-state index contributed by atoms with van der Waals surface area (Å²) in [7, 11) is 0. The standard InChI is InChI=1S/C20H35N3O4/c24-14-18-17(22-20(26)15-4-5-15)7-6-16(27-18)8-10-21-19(25)9-13-23-11-2-1-3-12-23/h15-18,24H,1-14H2,(H,21,25)(H,22,26)/t16-,17+,18+/m1/s1. The summed E-state index contributed by atoms with van der Waals surface area (Å²) < 4.78 is 5.96. The second-order valence-corrected chi connectivity index (χ2v) is 8.24. The molecular weight excluding hydrogens is 346 g/mol. The molecule has 0 spiro atoms. The normalized spacial score (nSPS) is 29.3. The zero-order chi connectivity index (χ0) is 19.1. The van der Waals surface area contributed by atoms with Crippen molar-refractivity contribution in [3.63, 3.8) is 0 Å². The summed E-state index contributed by atoms with van der Waals surface area (Å²) in [6.45, 7) is 3.59. The van der Waals surface area contributed by atoms with Crippen LogP contribution in [0.4, 0.5) is 0 Å². The quantitative estimate of drug-likeness (QED) is 0.550. The van der Waals surface area contributed by atoms with Crippen molar-refractivity contribution < 1.29 is 19.4 Å². The van der Waals surface area contributed by atoms with Crippen LogP contribution in [0.5, 0.6) is 0 Å². The van der Waals surface area contributed by atoms with E-state index in [0.717, 1.165) is 51.7 Å². The molecule has 3 rings (SSSR count). The molecule has 2 amide bonds. The molecule has 3 fully saturated rings. The first kappa shape index (κ1) is 20.6. The second-order valence-electron chi connectivity index (χ2n) is 8.24. The number of hydrogen-bond donors (Lipinski definition) is 3. The maximum Gasteiger partial charge on any atom is 0.223 e. The summed E-state index contributed by atoms with van der Waals surface area (Å²) in [5.41, 5.74) is 0. The van der Waals surface area contributed by atoms with Crippen LogP contribution in [0, 0.1) is 5.92 Å². The molecule has 3 N–H and O–H groups in total. The molecule has 0 aromatic carbocycles. The van der Waals surface area contributed by atoms with Crippen LogP contribution in [-0.2, 0) is 14.3 Å². The zero-order valence-corrected chi connectivity index (χ0v) is 16.3. The van der Waals surface area contributed by atoms with Crippen LogP contribution < -0.4 is 10.6 Å². The highest BCUT2D eigenvalue weighted by Crippen LogP contribution is 2.30. The van der Waals surface area contributed by atoms with Crippen LogP contribution in [0.2, 0.25) is 0 Å². The smallest absolute Gasteiger partial charge is 0.223 e. The van der Waals surface area contributed by atoms with Crippen molar-refractivity contribution in [3.8, 4) is 0 Å². The van der Waals surface area contributed by atoms with Gasteiger partial charge in [-0.15, -0.1) is 0 Å². The average molecular weight is 382 g/mol. The van der Waals surface area contributed by atoms with Gasteiger partial charge < -0.3 is 25.4 Å². The average Bonchev–Trinajstić information content (AvgIpc) is 3.53. The molecule has 2 saturated heterocycles. The van der Waals surface area contributed by atoms with Gasteiger partial charge in [0, 0.05) is 25.4 Å². The van der Waals surface area contributed by atoms with Gasteiger partial charge in [-0.3, -0.25) is 9.59 Å². The second kappa shape index (κ2) is 10.4. The van der Waals surface area contributed by atoms with Crippen molar-refractivity contribution in [1.82, 2.24) is 15.5 Å². The van der Waals surface area contributed by atoms with Crippen LogP contribution in [0.15, 0.2) is 0 Å². The van der Waals surface area contributed by atoms with E-state index in [4.69, 9.17) is 4.74 Å². The van der Waals surface area contributed by atoms with Gasteiger partial charge in [0.25, 0.3) is 0 Å². The molecule has 0 bridgehead atoms. The number of carbonyl (C=O) groups is 2. The molecule has 1 aliphatic carbocycles. The minimum atomic E-state index is -0.346. The zero-order valence-electron chi connectivity index (χ0n) is 16.3. The Hall–Kier alpha value is -1.18. The first-order chi connectivity index (χ1) is 13.2. The number of nitrogens with one attached hydrogen (secondary N) is 2.